The Balaban J connectivity index is 1.89. The molecule has 1 heterocycles. The van der Waals surface area contributed by atoms with Gasteiger partial charge in [0.15, 0.2) is 4.34 Å². The Morgan fingerprint density at radius 2 is 2.00 bits per heavy atom. The van der Waals surface area contributed by atoms with Crippen molar-refractivity contribution < 1.29 is 0 Å². The summed E-state index contributed by atoms with van der Waals surface area (Å²) in [4.78, 5) is 0. The van der Waals surface area contributed by atoms with Gasteiger partial charge in [-0.15, -0.1) is 10.2 Å². The van der Waals surface area contributed by atoms with Crippen molar-refractivity contribution >= 4 is 23.1 Å². The van der Waals surface area contributed by atoms with E-state index in [1.54, 1.807) is 11.3 Å². The normalized spacial score (nSPS) is 25.4. The molecular formula is C15H19N3S2. The molecule has 106 valence electrons. The minimum atomic E-state index is 0.386. The van der Waals surface area contributed by atoms with E-state index in [2.05, 4.69) is 53.8 Å². The van der Waals surface area contributed by atoms with Crippen LogP contribution in [0.4, 0.5) is 0 Å². The first-order valence-corrected chi connectivity index (χ1v) is 8.61. The average molecular weight is 305 g/mol. The summed E-state index contributed by atoms with van der Waals surface area (Å²) in [5.74, 6) is 0.599. The second kappa shape index (κ2) is 5.84. The molecule has 0 amide bonds. The number of aromatic nitrogens is 2. The average Bonchev–Trinajstić information content (AvgIpc) is 2.85. The quantitative estimate of drug-likeness (QED) is 0.936. The second-order valence-corrected chi connectivity index (χ2v) is 7.94. The fourth-order valence-electron chi connectivity index (χ4n) is 2.97. The molecule has 1 N–H and O–H groups in total. The van der Waals surface area contributed by atoms with Gasteiger partial charge in [-0.3, -0.25) is 0 Å². The highest BCUT2D eigenvalue weighted by molar-refractivity contribution is 8.01. The molecule has 0 saturated carbocycles. The number of aryl methyl sites for hydroxylation is 1. The van der Waals surface area contributed by atoms with Crippen LogP contribution >= 0.6 is 23.1 Å². The largest absolute Gasteiger partial charge is 0.312 e. The van der Waals surface area contributed by atoms with E-state index in [0.717, 1.165) is 9.35 Å². The fourth-order valence-corrected chi connectivity index (χ4v) is 5.46. The summed E-state index contributed by atoms with van der Waals surface area (Å²) < 4.78 is 1.08. The van der Waals surface area contributed by atoms with E-state index >= 15 is 0 Å². The van der Waals surface area contributed by atoms with E-state index in [1.165, 1.54) is 17.5 Å². The lowest BCUT2D eigenvalue weighted by Crippen LogP contribution is -2.33. The van der Waals surface area contributed by atoms with Gasteiger partial charge in [0.1, 0.15) is 5.01 Å². The molecular weight excluding hydrogens is 286 g/mol. The number of benzene rings is 1. The molecule has 1 aliphatic carbocycles. The number of fused-ring (bicyclic) bond motifs is 1. The Morgan fingerprint density at radius 3 is 2.65 bits per heavy atom. The zero-order chi connectivity index (χ0) is 14.1. The third kappa shape index (κ3) is 2.62. The number of nitrogens with zero attached hydrogens (tertiary/aromatic N) is 2. The van der Waals surface area contributed by atoms with Crippen molar-refractivity contribution in [1.29, 1.82) is 0 Å². The van der Waals surface area contributed by atoms with Crippen molar-refractivity contribution in [3.8, 4) is 0 Å². The number of hydrogen-bond donors (Lipinski definition) is 1. The van der Waals surface area contributed by atoms with Gasteiger partial charge in [0.2, 0.25) is 0 Å². The van der Waals surface area contributed by atoms with Gasteiger partial charge in [0, 0.05) is 11.3 Å². The van der Waals surface area contributed by atoms with Crippen LogP contribution in [0, 0.1) is 6.92 Å². The molecule has 0 saturated heterocycles. The summed E-state index contributed by atoms with van der Waals surface area (Å²) in [6.07, 6.45) is 1.17. The Bertz CT molecular complexity index is 596. The molecule has 0 radical (unpaired) electrons. The van der Waals surface area contributed by atoms with Gasteiger partial charge in [-0.2, -0.15) is 0 Å². The first-order valence-electron chi connectivity index (χ1n) is 6.92. The number of thioether (sulfide) groups is 1. The Kier molecular flexibility index (Phi) is 4.10. The van der Waals surface area contributed by atoms with Crippen molar-refractivity contribution in [2.45, 2.75) is 41.8 Å². The van der Waals surface area contributed by atoms with Gasteiger partial charge in [-0.25, -0.2) is 0 Å². The van der Waals surface area contributed by atoms with Crippen molar-refractivity contribution in [1.82, 2.24) is 15.5 Å². The zero-order valence-electron chi connectivity index (χ0n) is 12.0. The van der Waals surface area contributed by atoms with E-state index in [9.17, 15) is 0 Å². The summed E-state index contributed by atoms with van der Waals surface area (Å²) in [6.45, 7) is 4.33. The maximum atomic E-state index is 4.26. The molecule has 0 fully saturated rings. The lowest BCUT2D eigenvalue weighted by atomic mass is 9.81. The van der Waals surface area contributed by atoms with Gasteiger partial charge >= 0.3 is 0 Å². The van der Waals surface area contributed by atoms with Crippen LogP contribution in [0.1, 0.15) is 41.4 Å². The molecule has 0 aliphatic heterocycles. The summed E-state index contributed by atoms with van der Waals surface area (Å²) in [7, 11) is 2.05. The maximum absolute atomic E-state index is 4.26. The molecule has 3 unspecified atom stereocenters. The van der Waals surface area contributed by atoms with Crippen LogP contribution in [-0.2, 0) is 0 Å². The monoisotopic (exact) mass is 305 g/mol. The van der Waals surface area contributed by atoms with E-state index < -0.39 is 0 Å². The van der Waals surface area contributed by atoms with Gasteiger partial charge in [0.05, 0.1) is 0 Å². The second-order valence-electron chi connectivity index (χ2n) is 5.28. The zero-order valence-corrected chi connectivity index (χ0v) is 13.6. The highest BCUT2D eigenvalue weighted by Crippen LogP contribution is 2.45. The number of hydrogen-bond acceptors (Lipinski definition) is 5. The van der Waals surface area contributed by atoms with E-state index in [-0.39, 0.29) is 0 Å². The molecule has 2 aromatic rings. The standard InChI is InChI=1S/C15H19N3S2/c1-9-8-13(20-15-18-17-10(2)19-15)14(16-3)12-7-5-4-6-11(9)12/h4-7,9,13-14,16H,8H2,1-3H3. The summed E-state index contributed by atoms with van der Waals surface area (Å²) >= 11 is 3.56. The molecule has 20 heavy (non-hydrogen) atoms. The van der Waals surface area contributed by atoms with E-state index in [0.29, 0.717) is 17.2 Å². The maximum Gasteiger partial charge on any atom is 0.174 e. The smallest absolute Gasteiger partial charge is 0.174 e. The molecule has 3 nitrogen and oxygen atoms in total. The highest BCUT2D eigenvalue weighted by atomic mass is 32.2. The third-order valence-corrected chi connectivity index (χ3v) is 6.11. The van der Waals surface area contributed by atoms with Crippen LogP contribution in [0.3, 0.4) is 0 Å². The summed E-state index contributed by atoms with van der Waals surface area (Å²) in [5.41, 5.74) is 2.92. The predicted molar refractivity (Wildman–Crippen MR) is 85.6 cm³/mol. The summed E-state index contributed by atoms with van der Waals surface area (Å²) in [6, 6.07) is 9.18. The van der Waals surface area contributed by atoms with Gasteiger partial charge in [-0.1, -0.05) is 54.3 Å². The van der Waals surface area contributed by atoms with Crippen molar-refractivity contribution in [2.24, 2.45) is 0 Å². The number of nitrogens with one attached hydrogen (secondary N) is 1. The van der Waals surface area contributed by atoms with Gasteiger partial charge < -0.3 is 5.32 Å². The van der Waals surface area contributed by atoms with Gasteiger partial charge in [0.25, 0.3) is 0 Å². The van der Waals surface area contributed by atoms with Crippen molar-refractivity contribution in [3.63, 3.8) is 0 Å². The predicted octanol–water partition coefficient (Wildman–Crippen LogP) is 3.78. The van der Waals surface area contributed by atoms with Crippen LogP contribution in [0.25, 0.3) is 0 Å². The topological polar surface area (TPSA) is 37.8 Å². The minimum Gasteiger partial charge on any atom is -0.312 e. The minimum absolute atomic E-state index is 0.386. The van der Waals surface area contributed by atoms with Crippen molar-refractivity contribution in [2.75, 3.05) is 7.05 Å². The molecule has 0 bridgehead atoms. The SMILES string of the molecule is CNC1c2ccccc2C(C)CC1Sc1nnc(C)s1. The molecule has 0 spiro atoms. The fraction of sp³-hybridized carbons (Fsp3) is 0.467. The molecule has 3 atom stereocenters. The van der Waals surface area contributed by atoms with Crippen LogP contribution in [-0.4, -0.2) is 22.5 Å². The van der Waals surface area contributed by atoms with Crippen LogP contribution in [0.15, 0.2) is 28.6 Å². The lowest BCUT2D eigenvalue weighted by molar-refractivity contribution is 0.473. The molecule has 1 aliphatic rings. The van der Waals surface area contributed by atoms with E-state index in [4.69, 9.17) is 0 Å². The molecule has 1 aromatic heterocycles. The third-order valence-electron chi connectivity index (χ3n) is 3.89. The lowest BCUT2D eigenvalue weighted by Gasteiger charge is -2.36. The van der Waals surface area contributed by atoms with Crippen molar-refractivity contribution in [3.05, 3.63) is 40.4 Å². The van der Waals surface area contributed by atoms with Crippen LogP contribution < -0.4 is 5.32 Å². The molecule has 3 rings (SSSR count). The Hall–Kier alpha value is -0.910. The number of rotatable bonds is 3. The first kappa shape index (κ1) is 14.0. The first-order chi connectivity index (χ1) is 9.69. The van der Waals surface area contributed by atoms with Gasteiger partial charge in [-0.05, 0) is 37.4 Å². The van der Waals surface area contributed by atoms with Crippen LogP contribution in [0.2, 0.25) is 0 Å². The van der Waals surface area contributed by atoms with Crippen LogP contribution in [0.5, 0.6) is 0 Å². The summed E-state index contributed by atoms with van der Waals surface area (Å²) in [5, 5.41) is 13.4. The molecule has 1 aromatic carbocycles. The van der Waals surface area contributed by atoms with E-state index in [1.807, 2.05) is 18.7 Å². The highest BCUT2D eigenvalue weighted by Gasteiger charge is 2.33. The Labute approximate surface area is 128 Å². The Morgan fingerprint density at radius 1 is 1.25 bits per heavy atom. The molecule has 5 heteroatoms.